The zero-order chi connectivity index (χ0) is 17.9. The molecule has 5 nitrogen and oxygen atoms in total. The molecule has 4 rings (SSSR count). The maximum atomic E-state index is 13.1. The average Bonchev–Trinajstić information content (AvgIpc) is 3.06. The van der Waals surface area contributed by atoms with Gasteiger partial charge in [-0.2, -0.15) is 0 Å². The number of aromatic nitrogens is 3. The van der Waals surface area contributed by atoms with E-state index in [1.165, 1.54) is 23.4 Å². The lowest BCUT2D eigenvalue weighted by molar-refractivity contribution is 0.211. The molecule has 3 heterocycles. The highest BCUT2D eigenvalue weighted by Crippen LogP contribution is 2.19. The van der Waals surface area contributed by atoms with Crippen LogP contribution >= 0.6 is 0 Å². The first kappa shape index (κ1) is 16.7. The van der Waals surface area contributed by atoms with Crippen molar-refractivity contribution in [1.82, 2.24) is 19.4 Å². The molecule has 0 atom stereocenters. The van der Waals surface area contributed by atoms with E-state index in [1.807, 2.05) is 30.6 Å². The molecule has 0 bridgehead atoms. The van der Waals surface area contributed by atoms with Crippen molar-refractivity contribution < 1.29 is 9.13 Å². The van der Waals surface area contributed by atoms with E-state index >= 15 is 0 Å². The molecule has 0 saturated heterocycles. The second-order valence-electron chi connectivity index (χ2n) is 6.54. The van der Waals surface area contributed by atoms with Crippen LogP contribution in [0.2, 0.25) is 0 Å². The van der Waals surface area contributed by atoms with Gasteiger partial charge in [0.2, 0.25) is 5.88 Å². The fourth-order valence-corrected chi connectivity index (χ4v) is 3.35. The minimum atomic E-state index is -0.206. The van der Waals surface area contributed by atoms with Crippen molar-refractivity contribution in [3.63, 3.8) is 0 Å². The van der Waals surface area contributed by atoms with Gasteiger partial charge in [-0.05, 0) is 23.3 Å². The number of rotatable bonds is 5. The van der Waals surface area contributed by atoms with Crippen LogP contribution in [0.15, 0.2) is 48.8 Å². The summed E-state index contributed by atoms with van der Waals surface area (Å²) in [6.07, 6.45) is 4.55. The van der Waals surface area contributed by atoms with Crippen molar-refractivity contribution in [2.75, 3.05) is 13.7 Å². The molecule has 1 aromatic carbocycles. The molecule has 0 aliphatic carbocycles. The van der Waals surface area contributed by atoms with Gasteiger partial charge < -0.3 is 9.30 Å². The van der Waals surface area contributed by atoms with Crippen LogP contribution in [0.1, 0.15) is 22.6 Å². The summed E-state index contributed by atoms with van der Waals surface area (Å²) in [5, 5.41) is 0. The first-order valence-corrected chi connectivity index (χ1v) is 8.70. The van der Waals surface area contributed by atoms with E-state index in [0.717, 1.165) is 44.0 Å². The van der Waals surface area contributed by atoms with Crippen LogP contribution in [0.3, 0.4) is 0 Å². The maximum Gasteiger partial charge on any atom is 0.212 e. The fraction of sp³-hybridized carbons (Fsp3) is 0.300. The third-order valence-electron chi connectivity index (χ3n) is 4.73. The van der Waals surface area contributed by atoms with Gasteiger partial charge in [0, 0.05) is 51.1 Å². The molecule has 1 aliphatic heterocycles. The highest BCUT2D eigenvalue weighted by molar-refractivity contribution is 5.22. The Labute approximate surface area is 152 Å². The summed E-state index contributed by atoms with van der Waals surface area (Å²) in [6.45, 7) is 3.60. The lowest BCUT2D eigenvalue weighted by atomic mass is 10.1. The van der Waals surface area contributed by atoms with Gasteiger partial charge in [0.1, 0.15) is 11.6 Å². The van der Waals surface area contributed by atoms with Crippen LogP contribution in [-0.4, -0.2) is 33.1 Å². The number of benzene rings is 1. The van der Waals surface area contributed by atoms with Crippen LogP contribution < -0.4 is 4.74 Å². The van der Waals surface area contributed by atoms with Gasteiger partial charge in [-0.1, -0.05) is 18.2 Å². The van der Waals surface area contributed by atoms with Gasteiger partial charge in [-0.25, -0.2) is 14.4 Å². The molecule has 0 fully saturated rings. The zero-order valence-corrected chi connectivity index (χ0v) is 14.7. The lowest BCUT2D eigenvalue weighted by Crippen LogP contribution is -2.33. The Morgan fingerprint density at radius 1 is 1.00 bits per heavy atom. The molecule has 134 valence electrons. The summed E-state index contributed by atoms with van der Waals surface area (Å²) < 4.78 is 20.5. The Bertz CT molecular complexity index is 874. The van der Waals surface area contributed by atoms with Crippen molar-refractivity contribution in [2.24, 2.45) is 0 Å². The van der Waals surface area contributed by atoms with Gasteiger partial charge in [-0.15, -0.1) is 0 Å². The Hall–Kier alpha value is -2.73. The van der Waals surface area contributed by atoms with E-state index in [0.29, 0.717) is 5.88 Å². The number of halogens is 1. The van der Waals surface area contributed by atoms with Gasteiger partial charge >= 0.3 is 0 Å². The summed E-state index contributed by atoms with van der Waals surface area (Å²) in [4.78, 5) is 11.3. The van der Waals surface area contributed by atoms with E-state index < -0.39 is 0 Å². The van der Waals surface area contributed by atoms with Crippen molar-refractivity contribution in [1.29, 1.82) is 0 Å². The Morgan fingerprint density at radius 3 is 2.54 bits per heavy atom. The van der Waals surface area contributed by atoms with Crippen LogP contribution in [0.5, 0.6) is 5.88 Å². The highest BCUT2D eigenvalue weighted by Gasteiger charge is 2.19. The SMILES string of the molecule is COc1ccc(CN2CCn3c(cnc3Cc3ccc(F)cc3)C2)cn1. The Kier molecular flexibility index (Phi) is 4.67. The summed E-state index contributed by atoms with van der Waals surface area (Å²) in [5.74, 6) is 1.47. The quantitative estimate of drug-likeness (QED) is 0.708. The van der Waals surface area contributed by atoms with Crippen LogP contribution in [0, 0.1) is 5.82 Å². The molecule has 0 saturated carbocycles. The molecule has 0 N–H and O–H groups in total. The van der Waals surface area contributed by atoms with Crippen LogP contribution in [-0.2, 0) is 26.1 Å². The first-order chi connectivity index (χ1) is 12.7. The minimum absolute atomic E-state index is 0.206. The van der Waals surface area contributed by atoms with Crippen molar-refractivity contribution in [2.45, 2.75) is 26.1 Å². The number of hydrogen-bond donors (Lipinski definition) is 0. The number of fused-ring (bicyclic) bond motifs is 1. The van der Waals surface area contributed by atoms with Crippen molar-refractivity contribution in [3.8, 4) is 5.88 Å². The molecule has 0 radical (unpaired) electrons. The smallest absolute Gasteiger partial charge is 0.212 e. The van der Waals surface area contributed by atoms with Gasteiger partial charge in [0.15, 0.2) is 0 Å². The van der Waals surface area contributed by atoms with Gasteiger partial charge in [0.05, 0.1) is 12.8 Å². The number of pyridine rings is 1. The van der Waals surface area contributed by atoms with E-state index in [-0.39, 0.29) is 5.82 Å². The zero-order valence-electron chi connectivity index (χ0n) is 14.7. The second-order valence-corrected chi connectivity index (χ2v) is 6.54. The average molecular weight is 352 g/mol. The predicted octanol–water partition coefficient (Wildman–Crippen LogP) is 3.03. The normalized spacial score (nSPS) is 14.2. The summed E-state index contributed by atoms with van der Waals surface area (Å²) >= 11 is 0. The second kappa shape index (κ2) is 7.25. The monoisotopic (exact) mass is 352 g/mol. The number of imidazole rings is 1. The molecule has 26 heavy (non-hydrogen) atoms. The fourth-order valence-electron chi connectivity index (χ4n) is 3.35. The minimum Gasteiger partial charge on any atom is -0.481 e. The van der Waals surface area contributed by atoms with Crippen molar-refractivity contribution >= 4 is 0 Å². The molecule has 0 amide bonds. The molecule has 2 aromatic heterocycles. The Balaban J connectivity index is 1.43. The summed E-state index contributed by atoms with van der Waals surface area (Å²) in [5.41, 5.74) is 3.46. The molecule has 6 heteroatoms. The molecular weight excluding hydrogens is 331 g/mol. The third kappa shape index (κ3) is 3.60. The number of ether oxygens (including phenoxy) is 1. The predicted molar refractivity (Wildman–Crippen MR) is 96.3 cm³/mol. The Morgan fingerprint density at radius 2 is 1.81 bits per heavy atom. The van der Waals surface area contributed by atoms with Crippen molar-refractivity contribution in [3.05, 3.63) is 77.3 Å². The summed E-state index contributed by atoms with van der Waals surface area (Å²) in [7, 11) is 1.62. The molecule has 0 spiro atoms. The van der Waals surface area contributed by atoms with Crippen LogP contribution in [0.25, 0.3) is 0 Å². The topological polar surface area (TPSA) is 43.2 Å². The number of nitrogens with zero attached hydrogens (tertiary/aromatic N) is 4. The molecule has 1 aliphatic rings. The number of hydrogen-bond acceptors (Lipinski definition) is 4. The molecule has 0 unspecified atom stereocenters. The van der Waals surface area contributed by atoms with E-state index in [9.17, 15) is 4.39 Å². The molecular formula is C20H21FN4O. The van der Waals surface area contributed by atoms with E-state index in [4.69, 9.17) is 4.74 Å². The van der Waals surface area contributed by atoms with Gasteiger partial charge in [-0.3, -0.25) is 4.90 Å². The number of methoxy groups -OCH3 is 1. The summed E-state index contributed by atoms with van der Waals surface area (Å²) in [6, 6.07) is 10.6. The lowest BCUT2D eigenvalue weighted by Gasteiger charge is -2.28. The van der Waals surface area contributed by atoms with E-state index in [1.54, 1.807) is 7.11 Å². The van der Waals surface area contributed by atoms with E-state index in [2.05, 4.69) is 25.5 Å². The maximum absolute atomic E-state index is 13.1. The highest BCUT2D eigenvalue weighted by atomic mass is 19.1. The van der Waals surface area contributed by atoms with Crippen LogP contribution in [0.4, 0.5) is 4.39 Å². The largest absolute Gasteiger partial charge is 0.481 e. The van der Waals surface area contributed by atoms with Gasteiger partial charge in [0.25, 0.3) is 0 Å². The first-order valence-electron chi connectivity index (χ1n) is 8.70. The molecule has 3 aromatic rings. The standard InChI is InChI=1S/C20H21FN4O/c1-26-20-7-4-16(11-23-20)13-24-8-9-25-18(14-24)12-22-19(25)10-15-2-5-17(21)6-3-15/h2-7,11-12H,8-10,13-14H2,1H3. The third-order valence-corrected chi connectivity index (χ3v) is 4.73.